The smallest absolute Gasteiger partial charge is 0.872 e. The molecule has 0 aliphatic carbocycles. The van der Waals surface area contributed by atoms with E-state index >= 15 is 0 Å². The molecule has 3 aromatic rings. The molecule has 0 saturated carbocycles. The van der Waals surface area contributed by atoms with Crippen LogP contribution in [-0.2, 0) is 0 Å². The van der Waals surface area contributed by atoms with Crippen molar-refractivity contribution in [3.8, 4) is 17.2 Å². The van der Waals surface area contributed by atoms with Gasteiger partial charge in [0.25, 0.3) is 0 Å². The van der Waals surface area contributed by atoms with Gasteiger partial charge in [-0.2, -0.15) is 0 Å². The van der Waals surface area contributed by atoms with Crippen molar-refractivity contribution < 1.29 is 15.3 Å². The maximum absolute atomic E-state index is 10.4. The number of rotatable bonds is 0. The van der Waals surface area contributed by atoms with Crippen molar-refractivity contribution >= 4 is 54.6 Å². The van der Waals surface area contributed by atoms with E-state index in [1.165, 1.54) is 36.4 Å². The summed E-state index contributed by atoms with van der Waals surface area (Å²) in [4.78, 5) is 0. The van der Waals surface area contributed by atoms with Crippen molar-refractivity contribution in [3.05, 3.63) is 87.9 Å². The number of hydrogen-bond donors (Lipinski definition) is 0. The van der Waals surface area contributed by atoms with E-state index in [0.29, 0.717) is 15.1 Å². The predicted molar refractivity (Wildman–Crippen MR) is 98.4 cm³/mol. The van der Waals surface area contributed by atoms with E-state index in [9.17, 15) is 15.3 Å². The topological polar surface area (TPSA) is 69.2 Å². The van der Waals surface area contributed by atoms with Crippen LogP contribution in [0.25, 0.3) is 0 Å². The molecule has 0 aliphatic rings. The Balaban J connectivity index is 0.000000339. The zero-order valence-corrected chi connectivity index (χ0v) is 17.6. The summed E-state index contributed by atoms with van der Waals surface area (Å²) in [5.74, 6) is -0.0156. The first-order valence-electron chi connectivity index (χ1n) is 6.64. The second-order valence-corrected chi connectivity index (χ2v) is 5.67. The Labute approximate surface area is 174 Å². The van der Waals surface area contributed by atoms with Gasteiger partial charge in [0.2, 0.25) is 0 Å². The second-order valence-electron chi connectivity index (χ2n) is 4.36. The molecule has 126 valence electrons. The summed E-state index contributed by atoms with van der Waals surface area (Å²) in [6, 6.07) is 18.0. The van der Waals surface area contributed by atoms with Gasteiger partial charge in [-0.1, -0.05) is 71.2 Å². The molecule has 3 rings (SSSR count). The average molecular weight is 452 g/mol. The maximum atomic E-state index is 10.4. The molecular formula is C18H12Cl3GaO3. The summed E-state index contributed by atoms with van der Waals surface area (Å²) in [6.45, 7) is 0. The summed E-state index contributed by atoms with van der Waals surface area (Å²) in [5, 5.41) is 32.9. The molecule has 3 nitrogen and oxygen atoms in total. The van der Waals surface area contributed by atoms with Crippen LogP contribution in [0.2, 0.25) is 15.1 Å². The van der Waals surface area contributed by atoms with Crippen molar-refractivity contribution in [3.63, 3.8) is 0 Å². The van der Waals surface area contributed by atoms with Gasteiger partial charge in [0.15, 0.2) is 0 Å². The van der Waals surface area contributed by atoms with E-state index in [-0.39, 0.29) is 37.0 Å². The van der Waals surface area contributed by atoms with Crippen molar-refractivity contribution in [2.24, 2.45) is 0 Å². The Bertz CT molecular complexity index is 552. The van der Waals surface area contributed by atoms with Gasteiger partial charge in [0, 0.05) is 15.1 Å². The maximum Gasteiger partial charge on any atom is 3.00 e. The Hall–Kier alpha value is -1.43. The third kappa shape index (κ3) is 11.7. The molecule has 0 saturated heterocycles. The minimum atomic E-state index is -0.00519. The first-order valence-corrected chi connectivity index (χ1v) is 7.78. The Kier molecular flexibility index (Phi) is 12.1. The van der Waals surface area contributed by atoms with Gasteiger partial charge in [-0.25, -0.2) is 0 Å². The molecule has 0 bridgehead atoms. The SMILES string of the molecule is [Ga+3].[O-]c1ccc(Cl)cc1.[O-]c1ccc(Cl)cc1.[O-]c1ccc(Cl)cc1. The van der Waals surface area contributed by atoms with E-state index in [0.717, 1.165) is 0 Å². The van der Waals surface area contributed by atoms with Gasteiger partial charge >= 0.3 is 19.8 Å². The molecule has 0 amide bonds. The van der Waals surface area contributed by atoms with Crippen molar-refractivity contribution in [1.82, 2.24) is 0 Å². The first-order chi connectivity index (χ1) is 11.4. The molecule has 0 atom stereocenters. The molecule has 7 heteroatoms. The molecule has 0 spiro atoms. The van der Waals surface area contributed by atoms with E-state index in [1.807, 2.05) is 0 Å². The quantitative estimate of drug-likeness (QED) is 0.487. The normalized spacial score (nSPS) is 8.76. The van der Waals surface area contributed by atoms with Gasteiger partial charge in [-0.3, -0.25) is 0 Å². The van der Waals surface area contributed by atoms with Gasteiger partial charge in [0.05, 0.1) is 0 Å². The summed E-state index contributed by atoms with van der Waals surface area (Å²) < 4.78 is 0. The van der Waals surface area contributed by atoms with Crippen LogP contribution in [0.15, 0.2) is 72.8 Å². The fraction of sp³-hybridized carbons (Fsp3) is 0. The summed E-state index contributed by atoms with van der Waals surface area (Å²) in [5.41, 5.74) is 0. The van der Waals surface area contributed by atoms with E-state index in [4.69, 9.17) is 34.8 Å². The monoisotopic (exact) mass is 450 g/mol. The standard InChI is InChI=1S/3C6H5ClO.Ga/c3*7-5-1-3-6(8)4-2-5;/h3*1-4,8H;/q;;;+3/p-3. The van der Waals surface area contributed by atoms with Crippen molar-refractivity contribution in [2.45, 2.75) is 0 Å². The van der Waals surface area contributed by atoms with Crippen LogP contribution >= 0.6 is 34.8 Å². The second kappa shape index (κ2) is 12.9. The predicted octanol–water partition coefficient (Wildman–Crippen LogP) is 3.86. The number of halogens is 3. The molecule has 0 aromatic heterocycles. The minimum Gasteiger partial charge on any atom is -0.872 e. The minimum absolute atomic E-state index is 0. The summed E-state index contributed by atoms with van der Waals surface area (Å²) in [6.07, 6.45) is 0. The Morgan fingerprint density at radius 3 is 0.680 bits per heavy atom. The van der Waals surface area contributed by atoms with E-state index in [1.54, 1.807) is 36.4 Å². The van der Waals surface area contributed by atoms with Crippen LogP contribution < -0.4 is 15.3 Å². The van der Waals surface area contributed by atoms with Gasteiger partial charge in [0.1, 0.15) is 0 Å². The molecule has 0 aliphatic heterocycles. The molecule has 0 N–H and O–H groups in total. The molecule has 0 heterocycles. The molecule has 0 radical (unpaired) electrons. The van der Waals surface area contributed by atoms with Crippen LogP contribution in [0.5, 0.6) is 17.2 Å². The van der Waals surface area contributed by atoms with Gasteiger partial charge < -0.3 is 15.3 Å². The van der Waals surface area contributed by atoms with Crippen LogP contribution in [-0.4, -0.2) is 19.8 Å². The largest absolute Gasteiger partial charge is 3.00 e. The third-order valence-electron chi connectivity index (χ3n) is 2.44. The molecule has 0 fully saturated rings. The van der Waals surface area contributed by atoms with Crippen molar-refractivity contribution in [2.75, 3.05) is 0 Å². The van der Waals surface area contributed by atoms with Crippen LogP contribution in [0.3, 0.4) is 0 Å². The Morgan fingerprint density at radius 2 is 0.560 bits per heavy atom. The van der Waals surface area contributed by atoms with Crippen LogP contribution in [0.1, 0.15) is 0 Å². The summed E-state index contributed by atoms with van der Waals surface area (Å²) >= 11 is 16.4. The van der Waals surface area contributed by atoms with Crippen LogP contribution in [0.4, 0.5) is 0 Å². The van der Waals surface area contributed by atoms with Crippen molar-refractivity contribution in [1.29, 1.82) is 0 Å². The Morgan fingerprint density at radius 1 is 0.400 bits per heavy atom. The number of benzene rings is 3. The molecule has 3 aromatic carbocycles. The van der Waals surface area contributed by atoms with Gasteiger partial charge in [-0.05, 0) is 36.4 Å². The summed E-state index contributed by atoms with van der Waals surface area (Å²) in [7, 11) is 0. The first kappa shape index (κ1) is 23.6. The fourth-order valence-corrected chi connectivity index (χ4v) is 1.68. The zero-order chi connectivity index (χ0) is 17.9. The van der Waals surface area contributed by atoms with E-state index in [2.05, 4.69) is 0 Å². The molecular weight excluding hydrogens is 440 g/mol. The van der Waals surface area contributed by atoms with Crippen LogP contribution in [0, 0.1) is 0 Å². The number of hydrogen-bond acceptors (Lipinski definition) is 3. The molecule has 0 unspecified atom stereocenters. The third-order valence-corrected chi connectivity index (χ3v) is 3.20. The fourth-order valence-electron chi connectivity index (χ4n) is 1.30. The molecule has 25 heavy (non-hydrogen) atoms. The average Bonchev–Trinajstić information content (AvgIpc) is 2.57. The van der Waals surface area contributed by atoms with E-state index < -0.39 is 0 Å². The zero-order valence-electron chi connectivity index (χ0n) is 12.9. The van der Waals surface area contributed by atoms with Gasteiger partial charge in [-0.15, -0.1) is 17.2 Å².